The van der Waals surface area contributed by atoms with E-state index in [0.717, 1.165) is 40.3 Å². The normalized spacial score (nSPS) is 15.8. The third-order valence-electron chi connectivity index (χ3n) is 8.42. The summed E-state index contributed by atoms with van der Waals surface area (Å²) in [5.41, 5.74) is 14.9. The molecule has 0 amide bonds. The molecule has 45 heavy (non-hydrogen) atoms. The zero-order valence-corrected chi connectivity index (χ0v) is 25.6. The third-order valence-corrected chi connectivity index (χ3v) is 8.42. The van der Waals surface area contributed by atoms with Gasteiger partial charge in [-0.25, -0.2) is 9.97 Å². The fourth-order valence-electron chi connectivity index (χ4n) is 6.15. The maximum absolute atomic E-state index is 5.18. The molecule has 0 N–H and O–H groups in total. The van der Waals surface area contributed by atoms with Crippen LogP contribution in [-0.2, 0) is 6.42 Å². The number of hydrogen-bond acceptors (Lipinski definition) is 2. The molecule has 0 atom stereocenters. The highest BCUT2D eigenvalue weighted by Crippen LogP contribution is 2.38. The van der Waals surface area contributed by atoms with Gasteiger partial charge in [0, 0.05) is 16.7 Å². The zero-order chi connectivity index (χ0) is 30.6. The molecule has 216 valence electrons. The first-order chi connectivity index (χ1) is 22.1. The van der Waals surface area contributed by atoms with Crippen LogP contribution in [-0.4, -0.2) is 9.97 Å². The van der Waals surface area contributed by atoms with Gasteiger partial charge in [-0.2, -0.15) is 0 Å². The van der Waals surface area contributed by atoms with E-state index in [1.165, 1.54) is 44.5 Å². The number of fused-ring (bicyclic) bond motifs is 1. The second-order valence-corrected chi connectivity index (χ2v) is 11.5. The van der Waals surface area contributed by atoms with Crippen molar-refractivity contribution in [2.45, 2.75) is 20.3 Å². The Kier molecular flexibility index (Phi) is 7.87. The second kappa shape index (κ2) is 12.6. The Bertz CT molecular complexity index is 2010. The largest absolute Gasteiger partial charge is 0.228 e. The van der Waals surface area contributed by atoms with Crippen molar-refractivity contribution < 1.29 is 0 Å². The van der Waals surface area contributed by atoms with Crippen molar-refractivity contribution in [1.29, 1.82) is 0 Å². The summed E-state index contributed by atoms with van der Waals surface area (Å²) >= 11 is 0. The van der Waals surface area contributed by atoms with Crippen LogP contribution in [0.15, 0.2) is 158 Å². The Morgan fingerprint density at radius 3 is 1.82 bits per heavy atom. The summed E-state index contributed by atoms with van der Waals surface area (Å²) in [5, 5.41) is 0. The molecule has 0 unspecified atom stereocenters. The molecule has 1 aromatic heterocycles. The number of benzene rings is 5. The number of rotatable bonds is 5. The number of hydrogen-bond donors (Lipinski definition) is 0. The van der Waals surface area contributed by atoms with Crippen LogP contribution in [0.1, 0.15) is 29.3 Å². The van der Waals surface area contributed by atoms with Crippen LogP contribution in [0.2, 0.25) is 0 Å². The van der Waals surface area contributed by atoms with E-state index in [-0.39, 0.29) is 0 Å². The lowest BCUT2D eigenvalue weighted by Gasteiger charge is -2.19. The minimum atomic E-state index is 0.721. The highest BCUT2D eigenvalue weighted by Gasteiger charge is 2.18. The van der Waals surface area contributed by atoms with E-state index in [9.17, 15) is 0 Å². The van der Waals surface area contributed by atoms with Crippen LogP contribution in [0.5, 0.6) is 0 Å². The summed E-state index contributed by atoms with van der Waals surface area (Å²) < 4.78 is 0. The number of aromatic nitrogens is 2. The SMILES string of the molecule is C\C1=C(c2cc(-c3ccccc3)nc(-c3ccccc3)n2)/C=C\C=C\Cc2c1cc(C)cc2-c1cccc(-c2ccccc2)c1. The predicted octanol–water partition coefficient (Wildman–Crippen LogP) is 11.1. The van der Waals surface area contributed by atoms with Gasteiger partial charge in [-0.3, -0.25) is 0 Å². The standard InChI is InChI=1S/C43H34N2/c1-30-26-39-31(2)37(42-29-41(33-18-9-4-10-19-33)44-43(45-42)34-20-11-5-12-21-34)24-13-6-14-25-38(39)40(27-30)36-23-15-22-35(28-36)32-16-7-3-8-17-32/h3-24,26-29H,25H2,1-2H3/b14-6+,24-13-,37-31-. The van der Waals surface area contributed by atoms with Crippen molar-refractivity contribution in [3.8, 4) is 44.9 Å². The van der Waals surface area contributed by atoms with Crippen molar-refractivity contribution in [2.24, 2.45) is 0 Å². The quantitative estimate of drug-likeness (QED) is 0.203. The Balaban J connectivity index is 1.43. The molecule has 1 aliphatic rings. The fraction of sp³-hybridized carbons (Fsp3) is 0.0698. The van der Waals surface area contributed by atoms with E-state index in [1.807, 2.05) is 24.3 Å². The Hall–Kier alpha value is -5.60. The number of nitrogens with zero attached hydrogens (tertiary/aromatic N) is 2. The monoisotopic (exact) mass is 578 g/mol. The second-order valence-electron chi connectivity index (χ2n) is 11.5. The van der Waals surface area contributed by atoms with Crippen LogP contribution >= 0.6 is 0 Å². The lowest BCUT2D eigenvalue weighted by atomic mass is 9.86. The highest BCUT2D eigenvalue weighted by atomic mass is 14.9. The van der Waals surface area contributed by atoms with E-state index >= 15 is 0 Å². The molecule has 2 heteroatoms. The zero-order valence-electron chi connectivity index (χ0n) is 25.6. The fourth-order valence-corrected chi connectivity index (χ4v) is 6.15. The molecule has 0 radical (unpaired) electrons. The molecule has 1 aliphatic carbocycles. The summed E-state index contributed by atoms with van der Waals surface area (Å²) in [4.78, 5) is 10.2. The predicted molar refractivity (Wildman–Crippen MR) is 189 cm³/mol. The summed E-state index contributed by atoms with van der Waals surface area (Å²) in [6.45, 7) is 4.43. The smallest absolute Gasteiger partial charge is 0.160 e. The molecular weight excluding hydrogens is 544 g/mol. The van der Waals surface area contributed by atoms with Crippen molar-refractivity contribution >= 4 is 11.1 Å². The van der Waals surface area contributed by atoms with E-state index in [4.69, 9.17) is 9.97 Å². The lowest BCUT2D eigenvalue weighted by molar-refractivity contribution is 1.16. The van der Waals surface area contributed by atoms with E-state index < -0.39 is 0 Å². The van der Waals surface area contributed by atoms with Gasteiger partial charge in [0.2, 0.25) is 0 Å². The Labute approximate surface area is 265 Å². The molecule has 6 aromatic rings. The van der Waals surface area contributed by atoms with Crippen molar-refractivity contribution in [1.82, 2.24) is 9.97 Å². The third kappa shape index (κ3) is 5.96. The van der Waals surface area contributed by atoms with E-state index in [1.54, 1.807) is 0 Å². The molecule has 7 rings (SSSR count). The molecule has 0 aliphatic heterocycles. The van der Waals surface area contributed by atoms with Crippen molar-refractivity contribution in [3.05, 3.63) is 180 Å². The molecule has 1 heterocycles. The van der Waals surface area contributed by atoms with Gasteiger partial charge in [-0.05, 0) is 76.9 Å². The number of allylic oxidation sites excluding steroid dienone is 6. The summed E-state index contributed by atoms with van der Waals surface area (Å²) in [6.07, 6.45) is 9.59. The number of aryl methyl sites for hydroxylation is 1. The summed E-state index contributed by atoms with van der Waals surface area (Å²) in [5.74, 6) is 0.721. The van der Waals surface area contributed by atoms with Crippen LogP contribution in [0.25, 0.3) is 56.0 Å². The highest BCUT2D eigenvalue weighted by molar-refractivity contribution is 5.97. The van der Waals surface area contributed by atoms with Gasteiger partial charge < -0.3 is 0 Å². The van der Waals surface area contributed by atoms with Crippen LogP contribution < -0.4 is 0 Å². The molecule has 5 aromatic carbocycles. The molecule has 0 saturated heterocycles. The topological polar surface area (TPSA) is 25.8 Å². The molecule has 0 spiro atoms. The maximum Gasteiger partial charge on any atom is 0.160 e. The van der Waals surface area contributed by atoms with Crippen LogP contribution in [0, 0.1) is 6.92 Å². The van der Waals surface area contributed by atoms with Crippen LogP contribution in [0.4, 0.5) is 0 Å². The van der Waals surface area contributed by atoms with Crippen molar-refractivity contribution in [2.75, 3.05) is 0 Å². The van der Waals surface area contributed by atoms with E-state index in [2.05, 4.69) is 147 Å². The first-order valence-electron chi connectivity index (χ1n) is 15.5. The first kappa shape index (κ1) is 28.2. The lowest BCUT2D eigenvalue weighted by Crippen LogP contribution is -2.01. The van der Waals surface area contributed by atoms with Gasteiger partial charge in [-0.1, -0.05) is 146 Å². The van der Waals surface area contributed by atoms with Gasteiger partial charge in [-0.15, -0.1) is 0 Å². The average molecular weight is 579 g/mol. The summed E-state index contributed by atoms with van der Waals surface area (Å²) in [6, 6.07) is 47.0. The first-order valence-corrected chi connectivity index (χ1v) is 15.5. The Morgan fingerprint density at radius 1 is 0.489 bits per heavy atom. The van der Waals surface area contributed by atoms with Crippen LogP contribution in [0.3, 0.4) is 0 Å². The van der Waals surface area contributed by atoms with Gasteiger partial charge >= 0.3 is 0 Å². The molecule has 0 fully saturated rings. The minimum absolute atomic E-state index is 0.721. The van der Waals surface area contributed by atoms with Gasteiger partial charge in [0.1, 0.15) is 0 Å². The average Bonchev–Trinajstić information content (AvgIpc) is 3.18. The summed E-state index contributed by atoms with van der Waals surface area (Å²) in [7, 11) is 0. The van der Waals surface area contributed by atoms with Gasteiger partial charge in [0.05, 0.1) is 11.4 Å². The molecular formula is C43H34N2. The minimum Gasteiger partial charge on any atom is -0.228 e. The molecule has 0 bridgehead atoms. The molecule has 0 saturated carbocycles. The van der Waals surface area contributed by atoms with Gasteiger partial charge in [0.25, 0.3) is 0 Å². The molecule has 2 nitrogen and oxygen atoms in total. The maximum atomic E-state index is 5.18. The van der Waals surface area contributed by atoms with Gasteiger partial charge in [0.15, 0.2) is 5.82 Å². The van der Waals surface area contributed by atoms with Crippen molar-refractivity contribution in [3.63, 3.8) is 0 Å². The van der Waals surface area contributed by atoms with E-state index in [0.29, 0.717) is 0 Å². The Morgan fingerprint density at radius 2 is 1.09 bits per heavy atom.